The van der Waals surface area contributed by atoms with Crippen molar-refractivity contribution in [1.29, 1.82) is 0 Å². The Bertz CT molecular complexity index is 6270. The summed E-state index contributed by atoms with van der Waals surface area (Å²) in [5.74, 6) is 3.61. The number of hydrogen-bond donors (Lipinski definition) is 0. The lowest BCUT2D eigenvalue weighted by Gasteiger charge is -2.14. The molecular weight excluding hydrogens is 1150 g/mol. The summed E-state index contributed by atoms with van der Waals surface area (Å²) in [4.78, 5) is 32.2. The van der Waals surface area contributed by atoms with Gasteiger partial charge in [-0.25, -0.2) is 15.0 Å². The van der Waals surface area contributed by atoms with Crippen molar-refractivity contribution in [3.63, 3.8) is 0 Å². The second-order valence-electron chi connectivity index (χ2n) is 24.9. The Kier molecular flexibility index (Phi) is 10.5. The first-order valence-corrected chi connectivity index (χ1v) is 31.9. The van der Waals surface area contributed by atoms with E-state index < -0.39 is 0 Å². The lowest BCUT2D eigenvalue weighted by molar-refractivity contribution is 0.893. The molecule has 8 nitrogen and oxygen atoms in total. The number of rotatable bonds is 7. The fraction of sp³-hybridized carbons (Fsp3) is 0. The zero-order valence-electron chi connectivity index (χ0n) is 50.3. The topological polar surface area (TPSA) is 87.2 Å². The molecule has 0 saturated heterocycles. The average molecular weight is 1190 g/mol. The van der Waals surface area contributed by atoms with E-state index in [1.54, 1.807) is 0 Å². The fourth-order valence-electron chi connectivity index (χ4n) is 15.6. The quantitative estimate of drug-likeness (QED) is 0.158. The maximum atomic E-state index is 5.49. The molecule has 8 heteroatoms. The van der Waals surface area contributed by atoms with Crippen molar-refractivity contribution in [2.45, 2.75) is 0 Å². The number of aromatic nitrogens is 8. The van der Waals surface area contributed by atoms with Crippen LogP contribution in [0.5, 0.6) is 0 Å². The summed E-state index contributed by atoms with van der Waals surface area (Å²) in [7, 11) is 0. The summed E-state index contributed by atoms with van der Waals surface area (Å²) in [6.45, 7) is 0. The predicted octanol–water partition coefficient (Wildman–Crippen LogP) is 21.6. The molecule has 4 heterocycles. The molecule has 0 spiro atoms. The highest BCUT2D eigenvalue weighted by Crippen LogP contribution is 2.53. The number of fused-ring (bicyclic) bond motifs is 15. The largest absolute Gasteiger partial charge is 0.278 e. The summed E-state index contributed by atoms with van der Waals surface area (Å²) in [6.07, 6.45) is 0. The zero-order chi connectivity index (χ0) is 61.3. The van der Waals surface area contributed by atoms with Crippen LogP contribution in [0.1, 0.15) is 0 Å². The summed E-state index contributed by atoms with van der Waals surface area (Å²) < 4.78 is 4.39. The summed E-state index contributed by atoms with van der Waals surface area (Å²) in [6, 6.07) is 105. The number of hydrogen-bond acceptors (Lipinski definition) is 6. The Morgan fingerprint density at radius 1 is 0.181 bits per heavy atom. The molecular formula is C86H48N8. The van der Waals surface area contributed by atoms with Gasteiger partial charge in [0.2, 0.25) is 11.9 Å². The van der Waals surface area contributed by atoms with Gasteiger partial charge in [0.1, 0.15) is 0 Å². The van der Waals surface area contributed by atoms with Crippen LogP contribution in [-0.4, -0.2) is 39.0 Å². The van der Waals surface area contributed by atoms with Gasteiger partial charge in [-0.1, -0.05) is 212 Å². The van der Waals surface area contributed by atoms with E-state index in [1.807, 2.05) is 18.2 Å². The molecule has 19 aromatic rings. The third kappa shape index (κ3) is 7.44. The monoisotopic (exact) mass is 1190 g/mol. The highest BCUT2D eigenvalue weighted by molar-refractivity contribution is 6.22. The molecule has 0 bridgehead atoms. The molecule has 0 atom stereocenters. The van der Waals surface area contributed by atoms with Gasteiger partial charge in [0.05, 0.1) is 22.1 Å². The van der Waals surface area contributed by atoms with E-state index in [-0.39, 0.29) is 0 Å². The van der Waals surface area contributed by atoms with Crippen LogP contribution < -0.4 is 0 Å². The van der Waals surface area contributed by atoms with Crippen LogP contribution in [-0.2, 0) is 0 Å². The SMILES string of the molecule is c1ccc(-c2nc(-c3ccc4ccc(-c5ccc6cc7c(cc6c5)-c5ccc(-c6nc(-n8c9ccccc9c9ccccc98)nc(-n8c9ccccc9c9ccccc98)n6)c6cccc-7c56)cc4c3)nc(-c3ccc4c5c(cccc35)-c3cc5ccccc5cc3-4)n2)cc1. The highest BCUT2D eigenvalue weighted by atomic mass is 15.3. The minimum Gasteiger partial charge on any atom is -0.278 e. The van der Waals surface area contributed by atoms with Crippen molar-refractivity contribution in [3.05, 3.63) is 291 Å². The van der Waals surface area contributed by atoms with Crippen LogP contribution in [0, 0.1) is 0 Å². The third-order valence-electron chi connectivity index (χ3n) is 19.9. The maximum Gasteiger partial charge on any atom is 0.240 e. The smallest absolute Gasteiger partial charge is 0.240 e. The van der Waals surface area contributed by atoms with Crippen molar-refractivity contribution >= 4 is 97.5 Å². The first kappa shape index (κ1) is 51.0. The van der Waals surface area contributed by atoms with Crippen LogP contribution in [0.3, 0.4) is 0 Å². The summed E-state index contributed by atoms with van der Waals surface area (Å²) >= 11 is 0. The molecule has 0 radical (unpaired) electrons. The van der Waals surface area contributed by atoms with Gasteiger partial charge in [-0.05, 0) is 188 Å². The van der Waals surface area contributed by atoms with Gasteiger partial charge < -0.3 is 0 Å². The van der Waals surface area contributed by atoms with E-state index in [0.717, 1.165) is 98.5 Å². The number of nitrogens with zero attached hydrogens (tertiary/aromatic N) is 8. The van der Waals surface area contributed by atoms with Crippen molar-refractivity contribution in [3.8, 4) is 113 Å². The van der Waals surface area contributed by atoms with Gasteiger partial charge in [0.15, 0.2) is 23.3 Å². The average Bonchev–Trinajstić information content (AvgIpc) is 1.56. The Labute approximate surface area is 537 Å². The Morgan fingerprint density at radius 3 is 1.04 bits per heavy atom. The standard InChI is InChI=1S/C86H48N8/c1-2-16-50(17-3-1)81-87-82(89-83(88-81)69-40-38-67-73-46-52-19-5-4-18-51(52)45-71(73)65-26-14-24-63(69)79(65)67)56-37-33-49-32-34-53(42-57(49)44-56)54-35-36-55-47-72-66-27-15-25-64-70(41-39-68(80(64)66)74(72)48-58(55)43-54)84-90-85(93-75-28-10-6-20-59(75)60-21-7-11-29-76(60)93)92-86(91-84)94-77-30-12-8-22-61(77)62-23-9-13-31-78(62)94/h1-48H. The van der Waals surface area contributed by atoms with Crippen LogP contribution >= 0.6 is 0 Å². The number of para-hydroxylation sites is 4. The maximum absolute atomic E-state index is 5.49. The first-order chi connectivity index (χ1) is 46.6. The van der Waals surface area contributed by atoms with E-state index in [2.05, 4.69) is 282 Å². The Balaban J connectivity index is 0.666. The minimum absolute atomic E-state index is 0.555. The molecule has 94 heavy (non-hydrogen) atoms. The van der Waals surface area contributed by atoms with E-state index >= 15 is 0 Å². The molecule has 2 aliphatic rings. The molecule has 432 valence electrons. The second kappa shape index (κ2) is 19.4. The normalized spacial score (nSPS) is 12.3. The Morgan fingerprint density at radius 2 is 0.532 bits per heavy atom. The molecule has 4 aromatic heterocycles. The number of benzene rings is 15. The second-order valence-corrected chi connectivity index (χ2v) is 24.9. The third-order valence-corrected chi connectivity index (χ3v) is 19.9. The predicted molar refractivity (Wildman–Crippen MR) is 385 cm³/mol. The molecule has 0 amide bonds. The summed E-state index contributed by atoms with van der Waals surface area (Å²) in [5.41, 5.74) is 20.0. The van der Waals surface area contributed by atoms with Gasteiger partial charge in [-0.2, -0.15) is 15.0 Å². The van der Waals surface area contributed by atoms with Crippen molar-refractivity contribution < 1.29 is 0 Å². The Hall–Kier alpha value is -12.8. The van der Waals surface area contributed by atoms with Crippen molar-refractivity contribution in [1.82, 2.24) is 39.0 Å². The van der Waals surface area contributed by atoms with Crippen LogP contribution in [0.2, 0.25) is 0 Å². The molecule has 15 aromatic carbocycles. The molecule has 2 aliphatic carbocycles. The molecule has 0 unspecified atom stereocenters. The molecule has 0 aliphatic heterocycles. The van der Waals surface area contributed by atoms with Gasteiger partial charge >= 0.3 is 0 Å². The first-order valence-electron chi connectivity index (χ1n) is 31.9. The van der Waals surface area contributed by atoms with Crippen LogP contribution in [0.15, 0.2) is 291 Å². The molecule has 0 N–H and O–H groups in total. The van der Waals surface area contributed by atoms with Gasteiger partial charge in [-0.15, -0.1) is 0 Å². The van der Waals surface area contributed by atoms with Crippen LogP contribution in [0.25, 0.3) is 211 Å². The van der Waals surface area contributed by atoms with Crippen LogP contribution in [0.4, 0.5) is 0 Å². The fourth-order valence-corrected chi connectivity index (χ4v) is 15.6. The van der Waals surface area contributed by atoms with Gasteiger partial charge in [0, 0.05) is 43.8 Å². The van der Waals surface area contributed by atoms with Crippen molar-refractivity contribution in [2.24, 2.45) is 0 Å². The minimum atomic E-state index is 0.555. The van der Waals surface area contributed by atoms with E-state index in [0.29, 0.717) is 35.2 Å². The van der Waals surface area contributed by atoms with E-state index in [4.69, 9.17) is 29.9 Å². The highest BCUT2D eigenvalue weighted by Gasteiger charge is 2.28. The molecule has 0 saturated carbocycles. The zero-order valence-corrected chi connectivity index (χ0v) is 50.3. The summed E-state index contributed by atoms with van der Waals surface area (Å²) in [5, 5.41) is 16.3. The molecule has 0 fully saturated rings. The van der Waals surface area contributed by atoms with Crippen molar-refractivity contribution in [2.75, 3.05) is 0 Å². The van der Waals surface area contributed by atoms with E-state index in [1.165, 1.54) is 76.8 Å². The van der Waals surface area contributed by atoms with Gasteiger partial charge in [-0.3, -0.25) is 9.13 Å². The van der Waals surface area contributed by atoms with E-state index in [9.17, 15) is 0 Å². The lowest BCUT2D eigenvalue weighted by atomic mass is 9.94. The molecule has 21 rings (SSSR count). The lowest BCUT2D eigenvalue weighted by Crippen LogP contribution is -2.10. The van der Waals surface area contributed by atoms with Gasteiger partial charge in [0.25, 0.3) is 0 Å².